The van der Waals surface area contributed by atoms with E-state index in [1.807, 2.05) is 52.7 Å². The van der Waals surface area contributed by atoms with E-state index in [2.05, 4.69) is 0 Å². The number of benzene rings is 2. The number of nitrogens with zero attached hydrogens (tertiary/aromatic N) is 2. The number of likely N-dealkylation sites (tertiary alicyclic amines) is 1. The summed E-state index contributed by atoms with van der Waals surface area (Å²) in [5, 5.41) is 2.00. The molecule has 1 spiro atoms. The standard InChI is InChI=1S/C25H23FN2O3S/c26-20-9-4-8-19(14-20)23(29)27-11-12-31-25(17-27)22(18-6-2-1-3-7-18)16-28(24(25)30)15-21-10-5-13-32-21/h1-10,13-14,22H,11-12,15-17H2/t22-,25-/m1/s1. The van der Waals surface area contributed by atoms with Crippen LogP contribution in [0.2, 0.25) is 0 Å². The van der Waals surface area contributed by atoms with Crippen molar-refractivity contribution in [3.05, 3.63) is 93.9 Å². The maximum atomic E-state index is 13.8. The van der Waals surface area contributed by atoms with Crippen molar-refractivity contribution in [2.24, 2.45) is 0 Å². The maximum Gasteiger partial charge on any atom is 0.257 e. The molecule has 2 aromatic carbocycles. The molecule has 32 heavy (non-hydrogen) atoms. The van der Waals surface area contributed by atoms with E-state index in [-0.39, 0.29) is 36.4 Å². The Bertz CT molecular complexity index is 1120. The molecule has 0 unspecified atom stereocenters. The van der Waals surface area contributed by atoms with Crippen molar-refractivity contribution < 1.29 is 18.7 Å². The van der Waals surface area contributed by atoms with Crippen LogP contribution in [0.1, 0.15) is 26.7 Å². The number of ether oxygens (including phenoxy) is 1. The van der Waals surface area contributed by atoms with E-state index in [4.69, 9.17) is 4.74 Å². The molecule has 0 bridgehead atoms. The van der Waals surface area contributed by atoms with Crippen molar-refractivity contribution >= 4 is 23.2 Å². The highest BCUT2D eigenvalue weighted by Gasteiger charge is 2.58. The minimum Gasteiger partial charge on any atom is -0.361 e. The van der Waals surface area contributed by atoms with Gasteiger partial charge in [0.25, 0.3) is 11.8 Å². The largest absolute Gasteiger partial charge is 0.361 e. The average Bonchev–Trinajstić information content (AvgIpc) is 3.42. The van der Waals surface area contributed by atoms with Crippen molar-refractivity contribution in [2.75, 3.05) is 26.2 Å². The van der Waals surface area contributed by atoms with Gasteiger partial charge in [-0.2, -0.15) is 0 Å². The smallest absolute Gasteiger partial charge is 0.257 e. The number of thiophene rings is 1. The fourth-order valence-corrected chi connectivity index (χ4v) is 5.44. The summed E-state index contributed by atoms with van der Waals surface area (Å²) in [5.74, 6) is -1.06. The Hall–Kier alpha value is -3.03. The molecule has 2 aliphatic heterocycles. The summed E-state index contributed by atoms with van der Waals surface area (Å²) in [5.41, 5.74) is 0.133. The Balaban J connectivity index is 1.48. The van der Waals surface area contributed by atoms with Gasteiger partial charge in [-0.25, -0.2) is 4.39 Å². The number of hydrogen-bond donors (Lipinski definition) is 0. The SMILES string of the molecule is O=C(c1cccc(F)c1)N1CCO[C@@]2(C1)C(=O)N(Cc1cccs1)C[C@@H]2c1ccccc1. The molecule has 7 heteroatoms. The summed E-state index contributed by atoms with van der Waals surface area (Å²) in [7, 11) is 0. The molecule has 0 radical (unpaired) electrons. The summed E-state index contributed by atoms with van der Waals surface area (Å²) in [6, 6.07) is 19.5. The normalized spacial score (nSPS) is 23.2. The van der Waals surface area contributed by atoms with E-state index in [9.17, 15) is 14.0 Å². The molecule has 3 aromatic rings. The van der Waals surface area contributed by atoms with E-state index in [0.717, 1.165) is 10.4 Å². The van der Waals surface area contributed by atoms with Gasteiger partial charge in [0.1, 0.15) is 5.82 Å². The van der Waals surface area contributed by atoms with Crippen LogP contribution in [0.4, 0.5) is 4.39 Å². The van der Waals surface area contributed by atoms with Gasteiger partial charge in [0.15, 0.2) is 5.60 Å². The van der Waals surface area contributed by atoms with Gasteiger partial charge in [0.05, 0.1) is 19.7 Å². The van der Waals surface area contributed by atoms with Crippen molar-refractivity contribution in [3.8, 4) is 0 Å². The van der Waals surface area contributed by atoms with Gasteiger partial charge in [-0.3, -0.25) is 9.59 Å². The second kappa shape index (κ2) is 8.48. The summed E-state index contributed by atoms with van der Waals surface area (Å²) in [6.07, 6.45) is 0. The summed E-state index contributed by atoms with van der Waals surface area (Å²) >= 11 is 1.61. The van der Waals surface area contributed by atoms with E-state index < -0.39 is 11.4 Å². The average molecular weight is 451 g/mol. The lowest BCUT2D eigenvalue weighted by Crippen LogP contribution is -2.59. The van der Waals surface area contributed by atoms with Crippen LogP contribution in [0.3, 0.4) is 0 Å². The zero-order chi connectivity index (χ0) is 22.1. The Morgan fingerprint density at radius 2 is 1.97 bits per heavy atom. The Labute approximate surface area is 190 Å². The van der Waals surface area contributed by atoms with Crippen molar-refractivity contribution in [1.29, 1.82) is 0 Å². The predicted octanol–water partition coefficient (Wildman–Crippen LogP) is 3.92. The molecular formula is C25H23FN2O3S. The van der Waals surface area contributed by atoms with Gasteiger partial charge >= 0.3 is 0 Å². The molecule has 2 aliphatic rings. The minimum atomic E-state index is -1.15. The molecule has 5 rings (SSSR count). The van der Waals surface area contributed by atoms with Crippen molar-refractivity contribution in [2.45, 2.75) is 18.1 Å². The maximum absolute atomic E-state index is 13.8. The summed E-state index contributed by atoms with van der Waals surface area (Å²) < 4.78 is 20.0. The second-order valence-corrected chi connectivity index (χ2v) is 9.24. The predicted molar refractivity (Wildman–Crippen MR) is 120 cm³/mol. The highest BCUT2D eigenvalue weighted by Crippen LogP contribution is 2.43. The van der Waals surface area contributed by atoms with Gasteiger partial charge in [0, 0.05) is 29.4 Å². The third-order valence-electron chi connectivity index (χ3n) is 6.25. The highest BCUT2D eigenvalue weighted by atomic mass is 32.1. The first kappa shape index (κ1) is 20.8. The van der Waals surface area contributed by atoms with Gasteiger partial charge in [-0.05, 0) is 35.2 Å². The lowest BCUT2D eigenvalue weighted by molar-refractivity contribution is -0.160. The highest BCUT2D eigenvalue weighted by molar-refractivity contribution is 7.09. The second-order valence-electron chi connectivity index (χ2n) is 8.20. The lowest BCUT2D eigenvalue weighted by Gasteiger charge is -2.42. The molecule has 1 aromatic heterocycles. The Morgan fingerprint density at radius 1 is 1.12 bits per heavy atom. The van der Waals surface area contributed by atoms with Crippen LogP contribution < -0.4 is 0 Å². The van der Waals surface area contributed by atoms with Gasteiger partial charge in [-0.1, -0.05) is 42.5 Å². The molecule has 0 saturated carbocycles. The van der Waals surface area contributed by atoms with E-state index >= 15 is 0 Å². The van der Waals surface area contributed by atoms with Crippen LogP contribution in [0.15, 0.2) is 72.1 Å². The first-order chi connectivity index (χ1) is 15.6. The molecule has 2 fully saturated rings. The number of hydrogen-bond acceptors (Lipinski definition) is 4. The van der Waals surface area contributed by atoms with Crippen LogP contribution >= 0.6 is 11.3 Å². The van der Waals surface area contributed by atoms with Gasteiger partial charge < -0.3 is 14.5 Å². The van der Waals surface area contributed by atoms with E-state index in [0.29, 0.717) is 19.6 Å². The fourth-order valence-electron chi connectivity index (χ4n) is 4.72. The summed E-state index contributed by atoms with van der Waals surface area (Å²) in [6.45, 7) is 1.78. The zero-order valence-electron chi connectivity index (χ0n) is 17.4. The zero-order valence-corrected chi connectivity index (χ0v) is 18.3. The molecule has 0 N–H and O–H groups in total. The monoisotopic (exact) mass is 450 g/mol. The number of morpholine rings is 1. The molecule has 2 atom stereocenters. The van der Waals surface area contributed by atoms with Crippen molar-refractivity contribution in [1.82, 2.24) is 9.80 Å². The van der Waals surface area contributed by atoms with E-state index in [1.165, 1.54) is 18.2 Å². The quantitative estimate of drug-likeness (QED) is 0.605. The van der Waals surface area contributed by atoms with Gasteiger partial charge in [0.2, 0.25) is 0 Å². The first-order valence-corrected chi connectivity index (χ1v) is 11.5. The molecule has 2 saturated heterocycles. The molecular weight excluding hydrogens is 427 g/mol. The topological polar surface area (TPSA) is 49.9 Å². The van der Waals surface area contributed by atoms with Crippen molar-refractivity contribution in [3.63, 3.8) is 0 Å². The van der Waals surface area contributed by atoms with Gasteiger partial charge in [-0.15, -0.1) is 11.3 Å². The molecule has 3 heterocycles. The van der Waals surface area contributed by atoms with Crippen LogP contribution in [0.25, 0.3) is 0 Å². The number of carbonyl (C=O) groups excluding carboxylic acids is 2. The summed E-state index contributed by atoms with van der Waals surface area (Å²) in [4.78, 5) is 31.5. The molecule has 5 nitrogen and oxygen atoms in total. The van der Waals surface area contributed by atoms with Crippen LogP contribution in [-0.4, -0.2) is 53.5 Å². The Morgan fingerprint density at radius 3 is 2.72 bits per heavy atom. The fraction of sp³-hybridized carbons (Fsp3) is 0.280. The molecule has 164 valence electrons. The number of rotatable bonds is 4. The Kier molecular flexibility index (Phi) is 5.53. The van der Waals surface area contributed by atoms with E-state index in [1.54, 1.807) is 22.3 Å². The van der Waals surface area contributed by atoms with Crippen LogP contribution in [-0.2, 0) is 16.1 Å². The number of carbonyl (C=O) groups is 2. The molecule has 2 amide bonds. The third kappa shape index (κ3) is 3.72. The third-order valence-corrected chi connectivity index (χ3v) is 7.11. The first-order valence-electron chi connectivity index (χ1n) is 10.6. The van der Waals surface area contributed by atoms with Crippen LogP contribution in [0, 0.1) is 5.82 Å². The lowest BCUT2D eigenvalue weighted by atomic mass is 9.83. The molecule has 0 aliphatic carbocycles. The minimum absolute atomic E-state index is 0.100. The number of amides is 2. The number of halogens is 1. The van der Waals surface area contributed by atoms with Crippen LogP contribution in [0.5, 0.6) is 0 Å².